The van der Waals surface area contributed by atoms with Crippen molar-refractivity contribution in [1.82, 2.24) is 9.99 Å². The molecule has 0 aliphatic rings. The van der Waals surface area contributed by atoms with Gasteiger partial charge in [-0.2, -0.15) is 5.10 Å². The fraction of sp³-hybridized carbons (Fsp3) is 0.0333. The summed E-state index contributed by atoms with van der Waals surface area (Å²) in [6.07, 6.45) is 1.24. The van der Waals surface area contributed by atoms with E-state index in [4.69, 9.17) is 11.6 Å². The van der Waals surface area contributed by atoms with Crippen LogP contribution in [0.2, 0.25) is 5.02 Å². The van der Waals surface area contributed by atoms with Gasteiger partial charge >= 0.3 is 0 Å². The summed E-state index contributed by atoms with van der Waals surface area (Å²) in [5, 5.41) is 16.1. The number of hydrogen-bond donors (Lipinski definition) is 3. The average molecular weight is 587 g/mol. The number of benzene rings is 4. The molecule has 0 saturated carbocycles. The highest BCUT2D eigenvalue weighted by Crippen LogP contribution is 2.26. The fourth-order valence-corrected chi connectivity index (χ4v) is 5.56. The fourth-order valence-electron chi connectivity index (χ4n) is 4.19. The van der Waals surface area contributed by atoms with E-state index >= 15 is 0 Å². The maximum atomic E-state index is 13.2. The Hall–Kier alpha value is -4.93. The number of para-hydroxylation sites is 1. The molecule has 5 aromatic rings. The average Bonchev–Trinajstić information content (AvgIpc) is 2.97. The topological polar surface area (TPSA) is 130 Å². The van der Waals surface area contributed by atoms with Gasteiger partial charge in [-0.3, -0.25) is 14.3 Å². The smallest absolute Gasteiger partial charge is 0.271 e. The van der Waals surface area contributed by atoms with Crippen LogP contribution in [0.15, 0.2) is 112 Å². The van der Waals surface area contributed by atoms with E-state index in [0.717, 1.165) is 5.56 Å². The molecule has 0 unspecified atom stereocenters. The van der Waals surface area contributed by atoms with Crippen molar-refractivity contribution in [2.75, 3.05) is 4.72 Å². The molecule has 0 aliphatic carbocycles. The number of aromatic nitrogens is 1. The van der Waals surface area contributed by atoms with Crippen molar-refractivity contribution in [3.63, 3.8) is 0 Å². The third kappa shape index (κ3) is 5.69. The molecule has 0 spiro atoms. The molecular weight excluding hydrogens is 564 g/mol. The Bertz CT molecular complexity index is 1990. The van der Waals surface area contributed by atoms with Crippen molar-refractivity contribution in [2.24, 2.45) is 5.10 Å². The van der Waals surface area contributed by atoms with Crippen molar-refractivity contribution in [3.8, 4) is 11.6 Å². The van der Waals surface area contributed by atoms with Crippen LogP contribution < -0.4 is 15.7 Å². The highest BCUT2D eigenvalue weighted by molar-refractivity contribution is 7.92. The van der Waals surface area contributed by atoms with E-state index < -0.39 is 21.5 Å². The van der Waals surface area contributed by atoms with Gasteiger partial charge in [-0.05, 0) is 55.5 Å². The zero-order chi connectivity index (χ0) is 29.1. The number of amides is 1. The first kappa shape index (κ1) is 27.6. The number of halogens is 1. The lowest BCUT2D eigenvalue weighted by atomic mass is 10.1. The predicted octanol–water partition coefficient (Wildman–Crippen LogP) is 5.22. The lowest BCUT2D eigenvalue weighted by molar-refractivity contribution is 0.0955. The van der Waals surface area contributed by atoms with Gasteiger partial charge in [-0.25, -0.2) is 18.4 Å². The number of carbonyl (C=O) groups excluding carboxylic acids is 1. The Morgan fingerprint density at radius 3 is 2.34 bits per heavy atom. The van der Waals surface area contributed by atoms with E-state index in [1.165, 1.54) is 41.1 Å². The number of hydrazone groups is 1. The Morgan fingerprint density at radius 2 is 1.61 bits per heavy atom. The molecule has 41 heavy (non-hydrogen) atoms. The van der Waals surface area contributed by atoms with E-state index in [-0.39, 0.29) is 32.6 Å². The minimum atomic E-state index is -4.04. The van der Waals surface area contributed by atoms with Crippen LogP contribution in [0.3, 0.4) is 0 Å². The summed E-state index contributed by atoms with van der Waals surface area (Å²) in [5.41, 5.74) is 3.84. The first-order valence-electron chi connectivity index (χ1n) is 12.3. The van der Waals surface area contributed by atoms with Gasteiger partial charge in [0.05, 0.1) is 33.1 Å². The normalized spacial score (nSPS) is 11.6. The summed E-state index contributed by atoms with van der Waals surface area (Å²) in [5.74, 6) is -1.04. The second-order valence-electron chi connectivity index (χ2n) is 9.07. The van der Waals surface area contributed by atoms with Crippen molar-refractivity contribution in [2.45, 2.75) is 11.8 Å². The number of rotatable bonds is 7. The molecule has 5 rings (SSSR count). The van der Waals surface area contributed by atoms with Crippen molar-refractivity contribution < 1.29 is 18.3 Å². The molecule has 0 bridgehead atoms. The van der Waals surface area contributed by atoms with Crippen LogP contribution in [0.25, 0.3) is 16.5 Å². The van der Waals surface area contributed by atoms with Gasteiger partial charge in [0, 0.05) is 16.3 Å². The predicted molar refractivity (Wildman–Crippen MR) is 160 cm³/mol. The summed E-state index contributed by atoms with van der Waals surface area (Å²) in [6.45, 7) is 1.91. The molecular formula is C30H23ClN4O5S. The van der Waals surface area contributed by atoms with Gasteiger partial charge in [0.25, 0.3) is 21.5 Å². The summed E-state index contributed by atoms with van der Waals surface area (Å²) < 4.78 is 29.4. The van der Waals surface area contributed by atoms with Crippen LogP contribution in [-0.4, -0.2) is 30.2 Å². The second-order valence-corrected chi connectivity index (χ2v) is 11.2. The van der Waals surface area contributed by atoms with E-state index in [1.54, 1.807) is 54.6 Å². The highest BCUT2D eigenvalue weighted by Gasteiger charge is 2.19. The molecule has 1 heterocycles. The number of carbonyl (C=O) groups is 1. The molecule has 4 aromatic carbocycles. The maximum Gasteiger partial charge on any atom is 0.271 e. The maximum absolute atomic E-state index is 13.2. The van der Waals surface area contributed by atoms with Gasteiger partial charge in [-0.1, -0.05) is 65.7 Å². The third-order valence-electron chi connectivity index (χ3n) is 6.28. The highest BCUT2D eigenvalue weighted by atomic mass is 35.5. The summed E-state index contributed by atoms with van der Waals surface area (Å²) >= 11 is 6.07. The number of aryl methyl sites for hydroxylation is 1. The van der Waals surface area contributed by atoms with E-state index in [1.807, 2.05) is 19.1 Å². The zero-order valence-corrected chi connectivity index (χ0v) is 23.1. The second kappa shape index (κ2) is 11.3. The number of fused-ring (bicyclic) bond motifs is 1. The number of anilines is 1. The molecule has 0 saturated heterocycles. The van der Waals surface area contributed by atoms with Crippen LogP contribution in [-0.2, 0) is 10.0 Å². The molecule has 0 fully saturated rings. The van der Waals surface area contributed by atoms with Crippen molar-refractivity contribution >= 4 is 50.2 Å². The van der Waals surface area contributed by atoms with Crippen molar-refractivity contribution in [1.29, 1.82) is 0 Å². The van der Waals surface area contributed by atoms with E-state index in [0.29, 0.717) is 16.5 Å². The van der Waals surface area contributed by atoms with Gasteiger partial charge in [0.1, 0.15) is 0 Å². The van der Waals surface area contributed by atoms with Crippen LogP contribution in [0.1, 0.15) is 21.5 Å². The van der Waals surface area contributed by atoms with Gasteiger partial charge in [0.2, 0.25) is 5.88 Å². The zero-order valence-electron chi connectivity index (χ0n) is 21.6. The summed E-state index contributed by atoms with van der Waals surface area (Å²) in [6, 6.07) is 25.6. The molecule has 0 aliphatic heterocycles. The Kier molecular flexibility index (Phi) is 7.60. The van der Waals surface area contributed by atoms with E-state index in [9.17, 15) is 23.1 Å². The number of aromatic hydroxyl groups is 1. The number of sulfonamides is 1. The lowest BCUT2D eigenvalue weighted by Crippen LogP contribution is -2.21. The minimum Gasteiger partial charge on any atom is -0.494 e. The Balaban J connectivity index is 1.44. The molecule has 1 aromatic heterocycles. The standard InChI is InChI=1S/C30H23ClN4O5S/c1-19-13-15-21(16-14-19)35-29(37)24-10-3-2-9-23(24)25(30(35)38)18-32-33-28(36)20-7-6-8-22(17-20)41(39,40)34-27-12-5-4-11-26(27)31/h2-18,34,38H,1H3,(H,33,36)/b32-18-. The third-order valence-corrected chi connectivity index (χ3v) is 7.97. The van der Waals surface area contributed by atoms with Crippen LogP contribution >= 0.6 is 11.6 Å². The molecule has 1 amide bonds. The Morgan fingerprint density at radius 1 is 0.927 bits per heavy atom. The van der Waals surface area contributed by atoms with Gasteiger partial charge < -0.3 is 5.11 Å². The quantitative estimate of drug-likeness (QED) is 0.178. The number of pyridine rings is 1. The molecule has 0 atom stereocenters. The van der Waals surface area contributed by atoms with E-state index in [2.05, 4.69) is 15.2 Å². The lowest BCUT2D eigenvalue weighted by Gasteiger charge is -2.14. The van der Waals surface area contributed by atoms with Crippen molar-refractivity contribution in [3.05, 3.63) is 129 Å². The molecule has 11 heteroatoms. The van der Waals surface area contributed by atoms with Crippen LogP contribution in [0, 0.1) is 6.92 Å². The van der Waals surface area contributed by atoms with Gasteiger partial charge in [-0.15, -0.1) is 0 Å². The van der Waals surface area contributed by atoms with Gasteiger partial charge in [0.15, 0.2) is 0 Å². The first-order chi connectivity index (χ1) is 19.7. The summed E-state index contributed by atoms with van der Waals surface area (Å²) in [7, 11) is -4.04. The Labute approximate surface area is 240 Å². The largest absolute Gasteiger partial charge is 0.494 e. The molecule has 3 N–H and O–H groups in total. The molecule has 206 valence electrons. The van der Waals surface area contributed by atoms with Crippen LogP contribution in [0.5, 0.6) is 5.88 Å². The van der Waals surface area contributed by atoms with Crippen LogP contribution in [0.4, 0.5) is 5.69 Å². The number of hydrogen-bond acceptors (Lipinski definition) is 6. The number of nitrogens with zero attached hydrogens (tertiary/aromatic N) is 2. The minimum absolute atomic E-state index is 0.0305. The first-order valence-corrected chi connectivity index (χ1v) is 14.2. The number of nitrogens with one attached hydrogen (secondary N) is 2. The molecule has 9 nitrogen and oxygen atoms in total. The summed E-state index contributed by atoms with van der Waals surface area (Å²) in [4.78, 5) is 25.9. The molecule has 0 radical (unpaired) electrons. The monoisotopic (exact) mass is 586 g/mol. The SMILES string of the molecule is Cc1ccc(-n2c(O)c(/C=N\NC(=O)c3cccc(S(=O)(=O)Nc4ccccc4Cl)c3)c3ccccc3c2=O)cc1.